The van der Waals surface area contributed by atoms with E-state index in [2.05, 4.69) is 0 Å². The van der Waals surface area contributed by atoms with Gasteiger partial charge in [-0.25, -0.2) is 0 Å². The summed E-state index contributed by atoms with van der Waals surface area (Å²) in [6.07, 6.45) is 3.63. The Morgan fingerprint density at radius 2 is 1.18 bits per heavy atom. The van der Waals surface area contributed by atoms with Crippen LogP contribution in [0.5, 0.6) is 0 Å². The average molecular weight is 390 g/mol. The van der Waals surface area contributed by atoms with Crippen LogP contribution < -0.4 is 0 Å². The van der Waals surface area contributed by atoms with Crippen LogP contribution in [-0.2, 0) is 38.1 Å². The van der Waals surface area contributed by atoms with Crippen LogP contribution in [0.4, 0.5) is 0 Å². The molecular formula is C20H22O8. The summed E-state index contributed by atoms with van der Waals surface area (Å²) in [6, 6.07) is 0. The first-order valence-corrected chi connectivity index (χ1v) is 10.00. The van der Waals surface area contributed by atoms with Gasteiger partial charge in [0.25, 0.3) is 0 Å². The molecule has 0 radical (unpaired) electrons. The van der Waals surface area contributed by atoms with Crippen LogP contribution in [0, 0.1) is 34.5 Å². The number of methoxy groups -OCH3 is 2. The van der Waals surface area contributed by atoms with Gasteiger partial charge in [0.2, 0.25) is 0 Å². The molecule has 2 spiro atoms. The molecule has 5 aliphatic carbocycles. The molecule has 6 bridgehead atoms. The van der Waals surface area contributed by atoms with Crippen LogP contribution in [-0.4, -0.2) is 49.3 Å². The highest BCUT2D eigenvalue weighted by atomic mass is 16.6. The van der Waals surface area contributed by atoms with Crippen molar-refractivity contribution in [3.05, 3.63) is 0 Å². The monoisotopic (exact) mass is 390 g/mol. The lowest BCUT2D eigenvalue weighted by Crippen LogP contribution is -2.80. The maximum Gasteiger partial charge on any atom is 0.311 e. The van der Waals surface area contributed by atoms with Crippen molar-refractivity contribution in [3.63, 3.8) is 0 Å². The minimum absolute atomic E-state index is 0.424. The summed E-state index contributed by atoms with van der Waals surface area (Å²) in [4.78, 5) is 52.5. The van der Waals surface area contributed by atoms with E-state index < -0.39 is 69.6 Å². The van der Waals surface area contributed by atoms with Gasteiger partial charge in [0.05, 0.1) is 37.9 Å². The molecule has 7 aliphatic rings. The normalized spacial score (nSPS) is 54.1. The number of ether oxygens (including phenoxy) is 4. The molecule has 0 aromatic heterocycles. The Hall–Kier alpha value is -2.12. The summed E-state index contributed by atoms with van der Waals surface area (Å²) in [5, 5.41) is 0. The number of fused-ring (bicyclic) bond motifs is 1. The van der Waals surface area contributed by atoms with E-state index in [0.29, 0.717) is 25.7 Å². The molecule has 2 aliphatic heterocycles. The van der Waals surface area contributed by atoms with E-state index >= 15 is 0 Å². The molecule has 0 aromatic rings. The molecule has 8 heteroatoms. The van der Waals surface area contributed by atoms with E-state index in [4.69, 9.17) is 18.9 Å². The van der Waals surface area contributed by atoms with Crippen molar-refractivity contribution in [1.82, 2.24) is 0 Å². The highest BCUT2D eigenvalue weighted by Crippen LogP contribution is 2.88. The van der Waals surface area contributed by atoms with Gasteiger partial charge < -0.3 is 18.9 Å². The standard InChI is InChI=1S/C20H22O8/c1-25-13(21)9-10(14(22)26-2)18-6-4-8-20(18)19-7-3-5-17(9,19)11(15(23)27-19)12(18)16(24)28-20/h9-12H,3-8H2,1-2H3. The van der Waals surface area contributed by atoms with Gasteiger partial charge in [-0.15, -0.1) is 0 Å². The zero-order chi connectivity index (χ0) is 19.7. The number of carbonyl (C=O) groups is 4. The van der Waals surface area contributed by atoms with E-state index in [9.17, 15) is 19.2 Å². The third-order valence-corrected chi connectivity index (χ3v) is 9.25. The number of esters is 4. The van der Waals surface area contributed by atoms with Crippen LogP contribution in [0.2, 0.25) is 0 Å². The SMILES string of the molecule is COC(=O)C1C(C(=O)OC)C23CCCC24OC(=O)C3C2C(=O)OC43CCCC123. The Balaban J connectivity index is 1.75. The second kappa shape index (κ2) is 4.54. The number of carbonyl (C=O) groups excluding carboxylic acids is 4. The van der Waals surface area contributed by atoms with Gasteiger partial charge in [-0.3, -0.25) is 19.2 Å². The predicted octanol–water partition coefficient (Wildman–Crippen LogP) is 0.756. The van der Waals surface area contributed by atoms with Crippen molar-refractivity contribution in [3.8, 4) is 0 Å². The molecule has 8 atom stereocenters. The molecule has 8 unspecified atom stereocenters. The third-order valence-electron chi connectivity index (χ3n) is 9.25. The van der Waals surface area contributed by atoms with Crippen molar-refractivity contribution in [1.29, 1.82) is 0 Å². The fourth-order valence-electron chi connectivity index (χ4n) is 9.05. The Kier molecular flexibility index (Phi) is 2.73. The summed E-state index contributed by atoms with van der Waals surface area (Å²) in [7, 11) is 2.58. The Bertz CT molecular complexity index is 796. The molecule has 7 rings (SSSR count). The number of hydrogen-bond donors (Lipinski definition) is 0. The minimum Gasteiger partial charge on any atom is -0.469 e. The maximum absolute atomic E-state index is 13.1. The zero-order valence-electron chi connectivity index (χ0n) is 15.8. The van der Waals surface area contributed by atoms with Crippen LogP contribution in [0.15, 0.2) is 0 Å². The van der Waals surface area contributed by atoms with Crippen molar-refractivity contribution in [2.24, 2.45) is 34.5 Å². The lowest BCUT2D eigenvalue weighted by atomic mass is 9.31. The zero-order valence-corrected chi connectivity index (χ0v) is 15.8. The van der Waals surface area contributed by atoms with E-state index in [1.165, 1.54) is 14.2 Å². The average Bonchev–Trinajstić information content (AvgIpc) is 3.33. The first-order valence-electron chi connectivity index (χ1n) is 10.00. The van der Waals surface area contributed by atoms with Crippen molar-refractivity contribution < 1.29 is 38.1 Å². The molecule has 5 saturated carbocycles. The summed E-state index contributed by atoms with van der Waals surface area (Å²) >= 11 is 0. The van der Waals surface area contributed by atoms with Crippen molar-refractivity contribution in [2.45, 2.75) is 49.7 Å². The topological polar surface area (TPSA) is 105 Å². The molecule has 2 heterocycles. The van der Waals surface area contributed by atoms with Crippen molar-refractivity contribution >= 4 is 23.9 Å². The highest BCUT2D eigenvalue weighted by Gasteiger charge is 3.00. The molecule has 28 heavy (non-hydrogen) atoms. The first-order chi connectivity index (χ1) is 13.4. The second-order valence-corrected chi connectivity index (χ2v) is 9.24. The maximum atomic E-state index is 13.1. The van der Waals surface area contributed by atoms with Gasteiger partial charge in [0, 0.05) is 10.8 Å². The Labute approximate surface area is 161 Å². The fourth-order valence-corrected chi connectivity index (χ4v) is 9.05. The molecule has 0 aromatic carbocycles. The first kappa shape index (κ1) is 16.8. The van der Waals surface area contributed by atoms with Gasteiger partial charge in [0.15, 0.2) is 11.2 Å². The summed E-state index contributed by atoms with van der Waals surface area (Å²) < 4.78 is 22.5. The molecule has 8 nitrogen and oxygen atoms in total. The van der Waals surface area contributed by atoms with E-state index in [1.54, 1.807) is 0 Å². The Morgan fingerprint density at radius 1 is 0.786 bits per heavy atom. The van der Waals surface area contributed by atoms with Crippen molar-refractivity contribution in [2.75, 3.05) is 14.2 Å². The van der Waals surface area contributed by atoms with Gasteiger partial charge in [-0.05, 0) is 38.5 Å². The molecule has 7 fully saturated rings. The Morgan fingerprint density at radius 3 is 1.54 bits per heavy atom. The lowest BCUT2D eigenvalue weighted by Gasteiger charge is -2.67. The van der Waals surface area contributed by atoms with E-state index in [0.717, 1.165) is 12.8 Å². The van der Waals surface area contributed by atoms with Gasteiger partial charge in [-0.1, -0.05) is 0 Å². The molecule has 150 valence electrons. The summed E-state index contributed by atoms with van der Waals surface area (Å²) in [5.41, 5.74) is -4.02. The van der Waals surface area contributed by atoms with Crippen LogP contribution >= 0.6 is 0 Å². The van der Waals surface area contributed by atoms with Gasteiger partial charge >= 0.3 is 23.9 Å². The summed E-state index contributed by atoms with van der Waals surface area (Å²) in [6.45, 7) is 0. The van der Waals surface area contributed by atoms with Gasteiger partial charge in [0.1, 0.15) is 0 Å². The van der Waals surface area contributed by atoms with Crippen LogP contribution in [0.3, 0.4) is 0 Å². The minimum atomic E-state index is -1.05. The molecule has 0 N–H and O–H groups in total. The van der Waals surface area contributed by atoms with Gasteiger partial charge in [-0.2, -0.15) is 0 Å². The predicted molar refractivity (Wildman–Crippen MR) is 88.2 cm³/mol. The highest BCUT2D eigenvalue weighted by molar-refractivity contribution is 5.97. The number of rotatable bonds is 2. The molecule has 2 saturated heterocycles. The lowest BCUT2D eigenvalue weighted by molar-refractivity contribution is -0.300. The largest absolute Gasteiger partial charge is 0.469 e. The smallest absolute Gasteiger partial charge is 0.311 e. The second-order valence-electron chi connectivity index (χ2n) is 9.24. The quantitative estimate of drug-likeness (QED) is 0.503. The summed E-state index contributed by atoms with van der Waals surface area (Å²) in [5.74, 6) is -5.18. The van der Waals surface area contributed by atoms with Crippen LogP contribution in [0.25, 0.3) is 0 Å². The van der Waals surface area contributed by atoms with E-state index in [1.807, 2.05) is 0 Å². The fraction of sp³-hybridized carbons (Fsp3) is 0.800. The van der Waals surface area contributed by atoms with E-state index in [-0.39, 0.29) is 0 Å². The molecule has 0 amide bonds. The number of hydrogen-bond acceptors (Lipinski definition) is 8. The van der Waals surface area contributed by atoms with Crippen LogP contribution in [0.1, 0.15) is 38.5 Å². The molecular weight excluding hydrogens is 368 g/mol. The third kappa shape index (κ3) is 1.18.